The molecule has 96 heavy (non-hydrogen) atoms. The van der Waals surface area contributed by atoms with E-state index >= 15 is 0 Å². The number of phosphoric acid groups is 2. The zero-order chi connectivity index (χ0) is 71.0. The largest absolute Gasteiger partial charge is 0.472 e. The van der Waals surface area contributed by atoms with Crippen LogP contribution >= 0.6 is 15.6 Å². The molecule has 0 aromatic rings. The summed E-state index contributed by atoms with van der Waals surface area (Å²) in [5.74, 6) is 0.890. The van der Waals surface area contributed by atoms with Gasteiger partial charge in [-0.1, -0.05) is 338 Å². The first-order valence-corrected chi connectivity index (χ1v) is 42.7. The minimum absolute atomic E-state index is 0.101. The molecule has 0 rings (SSSR count). The molecule has 0 heterocycles. The van der Waals surface area contributed by atoms with Crippen molar-refractivity contribution in [1.82, 2.24) is 0 Å². The quantitative estimate of drug-likeness (QED) is 0.0222. The van der Waals surface area contributed by atoms with Gasteiger partial charge in [0.15, 0.2) is 12.2 Å². The molecule has 0 aromatic heterocycles. The van der Waals surface area contributed by atoms with Crippen molar-refractivity contribution in [2.45, 2.75) is 408 Å². The lowest BCUT2D eigenvalue weighted by Crippen LogP contribution is -2.30. The predicted molar refractivity (Wildman–Crippen MR) is 391 cm³/mol. The van der Waals surface area contributed by atoms with E-state index in [1.165, 1.54) is 186 Å². The zero-order valence-corrected chi connectivity index (χ0v) is 64.8. The Bertz CT molecular complexity index is 1890. The third kappa shape index (κ3) is 69.2. The van der Waals surface area contributed by atoms with E-state index < -0.39 is 97.5 Å². The number of rotatable bonds is 74. The number of esters is 4. The minimum Gasteiger partial charge on any atom is -0.462 e. The van der Waals surface area contributed by atoms with Crippen molar-refractivity contribution in [2.24, 2.45) is 23.7 Å². The maximum atomic E-state index is 13.1. The standard InChI is InChI=1S/C77H150O17P2/c1-9-70(8)56-48-40-34-36-42-50-58-75(80)88-64-73(94-77(82)60-52-44-35-33-39-47-55-69(6)7)66-92-96(85,86)90-62-71(78)61-89-95(83,84)91-65-72(93-76(81)59-51-43-32-28-24-20-16-12-14-18-22-26-30-38-46-54-68(4)5)63-87-74(79)57-49-41-31-27-23-19-15-11-10-13-17-21-25-29-37-45-53-67(2)3/h67-73,78H,9-66H2,1-8H3,(H,83,84)(H,85,86)/t70?,71-,72-,73-/m1/s1. The van der Waals surface area contributed by atoms with Gasteiger partial charge in [0.1, 0.15) is 19.3 Å². The second-order valence-electron chi connectivity index (χ2n) is 29.4. The summed E-state index contributed by atoms with van der Waals surface area (Å²) in [5, 5.41) is 10.6. The number of hydrogen-bond donors (Lipinski definition) is 3. The van der Waals surface area contributed by atoms with E-state index in [-0.39, 0.29) is 25.7 Å². The lowest BCUT2D eigenvalue weighted by Gasteiger charge is -2.21. The topological polar surface area (TPSA) is 237 Å². The van der Waals surface area contributed by atoms with Gasteiger partial charge in [0, 0.05) is 25.7 Å². The first-order chi connectivity index (χ1) is 46.1. The van der Waals surface area contributed by atoms with Crippen LogP contribution in [0.15, 0.2) is 0 Å². The van der Waals surface area contributed by atoms with Crippen LogP contribution in [0.5, 0.6) is 0 Å². The van der Waals surface area contributed by atoms with Crippen molar-refractivity contribution in [2.75, 3.05) is 39.6 Å². The van der Waals surface area contributed by atoms with Gasteiger partial charge >= 0.3 is 39.5 Å². The highest BCUT2D eigenvalue weighted by atomic mass is 31.2. The van der Waals surface area contributed by atoms with Crippen LogP contribution in [0, 0.1) is 23.7 Å². The highest BCUT2D eigenvalue weighted by Crippen LogP contribution is 2.45. The number of aliphatic hydroxyl groups is 1. The molecule has 0 saturated carbocycles. The second-order valence-corrected chi connectivity index (χ2v) is 32.3. The summed E-state index contributed by atoms with van der Waals surface area (Å²) >= 11 is 0. The molecule has 6 atom stereocenters. The molecule has 0 aliphatic carbocycles. The van der Waals surface area contributed by atoms with Crippen molar-refractivity contribution < 1.29 is 80.2 Å². The smallest absolute Gasteiger partial charge is 0.462 e. The highest BCUT2D eigenvalue weighted by Gasteiger charge is 2.30. The van der Waals surface area contributed by atoms with Crippen molar-refractivity contribution in [1.29, 1.82) is 0 Å². The van der Waals surface area contributed by atoms with E-state index in [4.69, 9.17) is 37.0 Å². The molecule has 0 aromatic carbocycles. The molecule has 0 bridgehead atoms. The summed E-state index contributed by atoms with van der Waals surface area (Å²) in [6, 6.07) is 0. The molecule has 0 aliphatic heterocycles. The second kappa shape index (κ2) is 66.3. The van der Waals surface area contributed by atoms with Gasteiger partial charge in [0.05, 0.1) is 26.4 Å². The van der Waals surface area contributed by atoms with Gasteiger partial charge in [-0.15, -0.1) is 0 Å². The van der Waals surface area contributed by atoms with Crippen LogP contribution in [0.2, 0.25) is 0 Å². The Morgan fingerprint density at radius 2 is 0.500 bits per heavy atom. The monoisotopic (exact) mass is 1410 g/mol. The number of aliphatic hydroxyl groups excluding tert-OH is 1. The third-order valence-corrected chi connectivity index (χ3v) is 20.1. The van der Waals surface area contributed by atoms with Gasteiger partial charge in [-0.25, -0.2) is 9.13 Å². The Hall–Kier alpha value is -1.94. The molecule has 0 radical (unpaired) electrons. The molecular weight excluding hydrogens is 1260 g/mol. The van der Waals surface area contributed by atoms with Crippen LogP contribution in [0.4, 0.5) is 0 Å². The lowest BCUT2D eigenvalue weighted by atomic mass is 10.00. The number of unbranched alkanes of at least 4 members (excludes halogenated alkanes) is 39. The fourth-order valence-electron chi connectivity index (χ4n) is 11.7. The summed E-state index contributed by atoms with van der Waals surface area (Å²) in [5.41, 5.74) is 0. The van der Waals surface area contributed by atoms with Gasteiger partial charge in [-0.2, -0.15) is 0 Å². The molecule has 0 saturated heterocycles. The molecule has 19 heteroatoms. The molecule has 17 nitrogen and oxygen atoms in total. The number of carbonyl (C=O) groups is 4. The number of carbonyl (C=O) groups excluding carboxylic acids is 4. The van der Waals surface area contributed by atoms with E-state index in [0.717, 1.165) is 114 Å². The van der Waals surface area contributed by atoms with Gasteiger partial charge in [-0.05, 0) is 49.4 Å². The molecular formula is C77H150O17P2. The van der Waals surface area contributed by atoms with Gasteiger partial charge in [0.2, 0.25) is 0 Å². The maximum absolute atomic E-state index is 13.1. The Morgan fingerprint density at radius 3 is 0.740 bits per heavy atom. The van der Waals surface area contributed by atoms with Crippen LogP contribution < -0.4 is 0 Å². The molecule has 0 spiro atoms. The van der Waals surface area contributed by atoms with Crippen LogP contribution in [0.1, 0.15) is 389 Å². The molecule has 3 N–H and O–H groups in total. The third-order valence-electron chi connectivity index (χ3n) is 18.2. The number of phosphoric ester groups is 2. The predicted octanol–water partition coefficient (Wildman–Crippen LogP) is 22.4. The Labute approximate surface area is 588 Å². The minimum atomic E-state index is -4.96. The van der Waals surface area contributed by atoms with Crippen LogP contribution in [-0.4, -0.2) is 96.7 Å². The Morgan fingerprint density at radius 1 is 0.292 bits per heavy atom. The van der Waals surface area contributed by atoms with Crippen molar-refractivity contribution in [3.8, 4) is 0 Å². The average molecular weight is 1410 g/mol. The van der Waals surface area contributed by atoms with Gasteiger partial charge in [-0.3, -0.25) is 37.3 Å². The fraction of sp³-hybridized carbons (Fsp3) is 0.948. The summed E-state index contributed by atoms with van der Waals surface area (Å²) in [4.78, 5) is 72.7. The molecule has 3 unspecified atom stereocenters. The van der Waals surface area contributed by atoms with Crippen molar-refractivity contribution in [3.05, 3.63) is 0 Å². The van der Waals surface area contributed by atoms with Crippen molar-refractivity contribution >= 4 is 39.5 Å². The molecule has 0 amide bonds. The normalized spacial score (nSPS) is 14.4. The highest BCUT2D eigenvalue weighted by molar-refractivity contribution is 7.47. The van der Waals surface area contributed by atoms with E-state index in [9.17, 15) is 43.2 Å². The summed E-state index contributed by atoms with van der Waals surface area (Å²) in [6.07, 6.45) is 51.7. The molecule has 0 aliphatic rings. The van der Waals surface area contributed by atoms with Gasteiger partial charge < -0.3 is 33.8 Å². The summed E-state index contributed by atoms with van der Waals surface area (Å²) in [6.45, 7) is 14.1. The SMILES string of the molecule is CCC(C)CCCCCCCCC(=O)OC[C@H](COP(=O)(O)OC[C@H](O)COP(=O)(O)OC[C@@H](COC(=O)CCCCCCCCCCCCCCCCCCC(C)C)OC(=O)CCCCCCCCCCCCCCCCCC(C)C)OC(=O)CCCCCCCCC(C)C. The number of hydrogen-bond acceptors (Lipinski definition) is 15. The Kier molecular flexibility index (Phi) is 65.0. The average Bonchev–Trinajstić information content (AvgIpc) is 2.88. The van der Waals surface area contributed by atoms with Crippen LogP contribution in [-0.2, 0) is 65.4 Å². The first-order valence-electron chi connectivity index (χ1n) is 39.7. The van der Waals surface area contributed by atoms with Crippen molar-refractivity contribution in [3.63, 3.8) is 0 Å². The zero-order valence-electron chi connectivity index (χ0n) is 63.0. The van der Waals surface area contributed by atoms with E-state index in [2.05, 4.69) is 55.4 Å². The van der Waals surface area contributed by atoms with E-state index in [0.29, 0.717) is 31.6 Å². The fourth-order valence-corrected chi connectivity index (χ4v) is 13.3. The van der Waals surface area contributed by atoms with Crippen LogP contribution in [0.3, 0.4) is 0 Å². The number of ether oxygens (including phenoxy) is 4. The Balaban J connectivity index is 5.20. The van der Waals surface area contributed by atoms with E-state index in [1.807, 2.05) is 0 Å². The first kappa shape index (κ1) is 94.1. The maximum Gasteiger partial charge on any atom is 0.472 e. The molecule has 0 fully saturated rings. The summed E-state index contributed by atoms with van der Waals surface area (Å²) in [7, 11) is -9.91. The van der Waals surface area contributed by atoms with Gasteiger partial charge in [0.25, 0.3) is 0 Å². The van der Waals surface area contributed by atoms with E-state index in [1.54, 1.807) is 0 Å². The summed E-state index contributed by atoms with van der Waals surface area (Å²) < 4.78 is 68.5. The van der Waals surface area contributed by atoms with Crippen LogP contribution in [0.25, 0.3) is 0 Å². The molecule has 570 valence electrons. The lowest BCUT2D eigenvalue weighted by molar-refractivity contribution is -0.161.